The van der Waals surface area contributed by atoms with E-state index < -0.39 is 0 Å². The second kappa shape index (κ2) is 10.9. The van der Waals surface area contributed by atoms with Crippen molar-refractivity contribution < 1.29 is 14.2 Å². The minimum atomic E-state index is 0.658. The lowest BCUT2D eigenvalue weighted by atomic mass is 10.1. The van der Waals surface area contributed by atoms with Crippen LogP contribution < -0.4 is 5.32 Å². The number of rotatable bonds is 11. The highest BCUT2D eigenvalue weighted by Crippen LogP contribution is 2.09. The van der Waals surface area contributed by atoms with Gasteiger partial charge >= 0.3 is 0 Å². The van der Waals surface area contributed by atoms with Crippen LogP contribution in [0.5, 0.6) is 0 Å². The zero-order valence-electron chi connectivity index (χ0n) is 12.0. The molecule has 0 aliphatic carbocycles. The molecule has 0 spiro atoms. The van der Waals surface area contributed by atoms with Crippen LogP contribution in [0.1, 0.15) is 17.5 Å². The zero-order valence-corrected chi connectivity index (χ0v) is 12.0. The van der Waals surface area contributed by atoms with Crippen LogP contribution in [-0.2, 0) is 27.4 Å². The summed E-state index contributed by atoms with van der Waals surface area (Å²) in [6, 6.07) is 8.32. The molecule has 19 heavy (non-hydrogen) atoms. The molecule has 0 saturated heterocycles. The second-order valence-corrected chi connectivity index (χ2v) is 4.34. The van der Waals surface area contributed by atoms with Gasteiger partial charge in [0.25, 0.3) is 0 Å². The van der Waals surface area contributed by atoms with Gasteiger partial charge in [-0.15, -0.1) is 0 Å². The van der Waals surface area contributed by atoms with E-state index >= 15 is 0 Å². The van der Waals surface area contributed by atoms with Gasteiger partial charge in [-0.25, -0.2) is 0 Å². The number of benzene rings is 1. The Morgan fingerprint density at radius 3 is 2.47 bits per heavy atom. The van der Waals surface area contributed by atoms with Crippen LogP contribution in [0.2, 0.25) is 0 Å². The second-order valence-electron chi connectivity index (χ2n) is 4.34. The molecule has 0 aliphatic rings. The van der Waals surface area contributed by atoms with Crippen molar-refractivity contribution in [2.45, 2.75) is 19.6 Å². The van der Waals surface area contributed by atoms with Crippen molar-refractivity contribution in [3.8, 4) is 0 Å². The molecule has 0 radical (unpaired) electrons. The Morgan fingerprint density at radius 1 is 0.947 bits per heavy atom. The third-order valence-corrected chi connectivity index (χ3v) is 2.79. The molecule has 1 N–H and O–H groups in total. The van der Waals surface area contributed by atoms with Crippen molar-refractivity contribution in [3.05, 3.63) is 35.4 Å². The third-order valence-electron chi connectivity index (χ3n) is 2.79. The highest BCUT2D eigenvalue weighted by Gasteiger charge is 2.00. The standard InChI is InChI=1S/C15H25NO3/c1-17-9-5-10-19-11-8-16-12-14-6-3-4-7-15(14)13-18-2/h3-4,6-7,16H,5,8-13H2,1-2H3. The predicted octanol–water partition coefficient (Wildman–Crippen LogP) is 1.98. The van der Waals surface area contributed by atoms with Crippen LogP contribution in [0.4, 0.5) is 0 Å². The van der Waals surface area contributed by atoms with Gasteiger partial charge in [0, 0.05) is 40.5 Å². The molecule has 0 aromatic heterocycles. The van der Waals surface area contributed by atoms with E-state index in [4.69, 9.17) is 14.2 Å². The first-order chi connectivity index (χ1) is 9.38. The van der Waals surface area contributed by atoms with Crippen LogP contribution in [0, 0.1) is 0 Å². The SMILES string of the molecule is COCCCOCCNCc1ccccc1COC. The molecule has 0 saturated carbocycles. The van der Waals surface area contributed by atoms with Gasteiger partial charge < -0.3 is 19.5 Å². The Labute approximate surface area is 116 Å². The van der Waals surface area contributed by atoms with Gasteiger partial charge in [-0.2, -0.15) is 0 Å². The van der Waals surface area contributed by atoms with Crippen molar-refractivity contribution in [2.75, 3.05) is 40.6 Å². The largest absolute Gasteiger partial charge is 0.385 e. The Bertz CT molecular complexity index is 331. The number of methoxy groups -OCH3 is 2. The zero-order chi connectivity index (χ0) is 13.8. The molecule has 0 heterocycles. The van der Waals surface area contributed by atoms with Gasteiger partial charge in [0.1, 0.15) is 0 Å². The summed E-state index contributed by atoms with van der Waals surface area (Å²) in [6.07, 6.45) is 0.952. The van der Waals surface area contributed by atoms with E-state index in [-0.39, 0.29) is 0 Å². The van der Waals surface area contributed by atoms with E-state index in [0.29, 0.717) is 6.61 Å². The summed E-state index contributed by atoms with van der Waals surface area (Å²) in [5.41, 5.74) is 2.52. The summed E-state index contributed by atoms with van der Waals surface area (Å²) in [4.78, 5) is 0. The lowest BCUT2D eigenvalue weighted by Gasteiger charge is -2.10. The molecule has 0 atom stereocenters. The first-order valence-corrected chi connectivity index (χ1v) is 6.71. The summed E-state index contributed by atoms with van der Waals surface area (Å²) in [5, 5.41) is 3.38. The molecule has 4 heteroatoms. The fraction of sp³-hybridized carbons (Fsp3) is 0.600. The Morgan fingerprint density at radius 2 is 1.74 bits per heavy atom. The number of nitrogens with one attached hydrogen (secondary N) is 1. The first kappa shape index (κ1) is 16.1. The summed E-state index contributed by atoms with van der Waals surface area (Å²) in [5.74, 6) is 0. The van der Waals surface area contributed by atoms with Gasteiger partial charge in [0.15, 0.2) is 0 Å². The highest BCUT2D eigenvalue weighted by molar-refractivity contribution is 5.26. The van der Waals surface area contributed by atoms with E-state index in [1.807, 2.05) is 6.07 Å². The van der Waals surface area contributed by atoms with Gasteiger partial charge in [0.2, 0.25) is 0 Å². The maximum absolute atomic E-state index is 5.48. The van der Waals surface area contributed by atoms with Gasteiger partial charge in [0.05, 0.1) is 13.2 Å². The smallest absolute Gasteiger partial charge is 0.0716 e. The molecule has 108 valence electrons. The van der Waals surface area contributed by atoms with Crippen LogP contribution in [0.25, 0.3) is 0 Å². The molecule has 0 fully saturated rings. The van der Waals surface area contributed by atoms with Gasteiger partial charge in [-0.3, -0.25) is 0 Å². The average Bonchev–Trinajstić information content (AvgIpc) is 2.44. The van der Waals surface area contributed by atoms with Gasteiger partial charge in [-0.05, 0) is 17.5 Å². The molecule has 0 bridgehead atoms. The topological polar surface area (TPSA) is 39.7 Å². The van der Waals surface area contributed by atoms with Crippen LogP contribution in [-0.4, -0.2) is 40.6 Å². The Hall–Kier alpha value is -0.940. The van der Waals surface area contributed by atoms with Crippen molar-refractivity contribution >= 4 is 0 Å². The number of hydrogen-bond acceptors (Lipinski definition) is 4. The average molecular weight is 267 g/mol. The van der Waals surface area contributed by atoms with E-state index in [9.17, 15) is 0 Å². The van der Waals surface area contributed by atoms with Crippen LogP contribution in [0.15, 0.2) is 24.3 Å². The lowest BCUT2D eigenvalue weighted by Crippen LogP contribution is -2.20. The maximum atomic E-state index is 5.48. The van der Waals surface area contributed by atoms with Crippen LogP contribution in [0.3, 0.4) is 0 Å². The normalized spacial score (nSPS) is 10.8. The summed E-state index contributed by atoms with van der Waals surface area (Å²) < 4.78 is 15.6. The molecule has 4 nitrogen and oxygen atoms in total. The predicted molar refractivity (Wildman–Crippen MR) is 76.2 cm³/mol. The van der Waals surface area contributed by atoms with E-state index in [1.165, 1.54) is 11.1 Å². The fourth-order valence-electron chi connectivity index (χ4n) is 1.80. The van der Waals surface area contributed by atoms with E-state index in [0.717, 1.165) is 39.3 Å². The first-order valence-electron chi connectivity index (χ1n) is 6.71. The molecule has 1 aromatic rings. The van der Waals surface area contributed by atoms with Crippen molar-refractivity contribution in [1.82, 2.24) is 5.32 Å². The fourth-order valence-corrected chi connectivity index (χ4v) is 1.80. The molecule has 1 aromatic carbocycles. The molecular formula is C15H25NO3. The number of ether oxygens (including phenoxy) is 3. The van der Waals surface area contributed by atoms with E-state index in [1.54, 1.807) is 14.2 Å². The number of hydrogen-bond donors (Lipinski definition) is 1. The minimum absolute atomic E-state index is 0.658. The monoisotopic (exact) mass is 267 g/mol. The molecule has 0 unspecified atom stereocenters. The molecule has 0 amide bonds. The minimum Gasteiger partial charge on any atom is -0.385 e. The molecule has 1 rings (SSSR count). The molecular weight excluding hydrogens is 242 g/mol. The summed E-state index contributed by atoms with van der Waals surface area (Å²) >= 11 is 0. The third kappa shape index (κ3) is 7.28. The van der Waals surface area contributed by atoms with Gasteiger partial charge in [-0.1, -0.05) is 24.3 Å². The Balaban J connectivity index is 2.12. The van der Waals surface area contributed by atoms with E-state index in [2.05, 4.69) is 23.5 Å². The Kier molecular flexibility index (Phi) is 9.27. The quantitative estimate of drug-likeness (QED) is 0.622. The van der Waals surface area contributed by atoms with Crippen molar-refractivity contribution in [3.63, 3.8) is 0 Å². The lowest BCUT2D eigenvalue weighted by molar-refractivity contribution is 0.104. The molecule has 0 aliphatic heterocycles. The van der Waals surface area contributed by atoms with Crippen LogP contribution >= 0.6 is 0 Å². The summed E-state index contributed by atoms with van der Waals surface area (Å²) in [6.45, 7) is 4.62. The highest BCUT2D eigenvalue weighted by atomic mass is 16.5. The summed E-state index contributed by atoms with van der Waals surface area (Å²) in [7, 11) is 3.43. The van der Waals surface area contributed by atoms with Crippen molar-refractivity contribution in [1.29, 1.82) is 0 Å². The maximum Gasteiger partial charge on any atom is 0.0716 e. The van der Waals surface area contributed by atoms with Crippen molar-refractivity contribution in [2.24, 2.45) is 0 Å².